The number of amides is 1. The third-order valence-corrected chi connectivity index (χ3v) is 7.06. The van der Waals surface area contributed by atoms with Gasteiger partial charge >= 0.3 is 0 Å². The van der Waals surface area contributed by atoms with Crippen molar-refractivity contribution in [1.82, 2.24) is 9.47 Å². The smallest absolute Gasteiger partial charge is 0.270 e. The minimum absolute atomic E-state index is 0.0687. The van der Waals surface area contributed by atoms with E-state index in [4.69, 9.17) is 4.74 Å². The lowest BCUT2D eigenvalue weighted by molar-refractivity contribution is 0.0644. The number of nitrogens with zero attached hydrogens (tertiary/aromatic N) is 2. The zero-order valence-corrected chi connectivity index (χ0v) is 19.5. The van der Waals surface area contributed by atoms with E-state index in [0.29, 0.717) is 0 Å². The quantitative estimate of drug-likeness (QED) is 0.526. The first-order valence-corrected chi connectivity index (χ1v) is 11.4. The molecule has 0 atom stereocenters. The van der Waals surface area contributed by atoms with Crippen LogP contribution in [0.25, 0.3) is 21.7 Å². The second-order valence-corrected chi connectivity index (χ2v) is 9.83. The van der Waals surface area contributed by atoms with E-state index in [2.05, 4.69) is 68.0 Å². The summed E-state index contributed by atoms with van der Waals surface area (Å²) >= 11 is 1.72. The van der Waals surface area contributed by atoms with E-state index < -0.39 is 0 Å². The molecule has 4 rings (SSSR count). The Labute approximate surface area is 183 Å². The van der Waals surface area contributed by atoms with Gasteiger partial charge in [0.25, 0.3) is 5.91 Å². The molecular formula is C25H30N2O2S. The lowest BCUT2D eigenvalue weighted by atomic mass is 9.92. The zero-order valence-electron chi connectivity index (χ0n) is 18.7. The molecule has 1 amide bonds. The van der Waals surface area contributed by atoms with Crippen LogP contribution in [0, 0.1) is 0 Å². The van der Waals surface area contributed by atoms with Gasteiger partial charge in [-0.1, -0.05) is 13.0 Å². The number of methoxy groups -OCH3 is 1. The standard InChI is InChI=1S/C25H30N2O2S/c1-7-16-13-18-17(14-21(16)29-6)10-11-27-20(24(28)26(5)25(2,3)4)15-19(23(18)27)22-9-8-12-30-22/h8-9,12-15H,7,10-11H2,1-6H3. The summed E-state index contributed by atoms with van der Waals surface area (Å²) in [5.74, 6) is 1.02. The van der Waals surface area contributed by atoms with Gasteiger partial charge in [-0.3, -0.25) is 4.79 Å². The molecule has 30 heavy (non-hydrogen) atoms. The van der Waals surface area contributed by atoms with Crippen molar-refractivity contribution in [3.05, 3.63) is 52.5 Å². The number of carbonyl (C=O) groups excluding carboxylic acids is 1. The van der Waals surface area contributed by atoms with Crippen molar-refractivity contribution in [2.24, 2.45) is 0 Å². The second-order valence-electron chi connectivity index (χ2n) is 8.88. The summed E-state index contributed by atoms with van der Waals surface area (Å²) in [7, 11) is 3.63. The van der Waals surface area contributed by atoms with Crippen LogP contribution in [0.1, 0.15) is 49.3 Å². The maximum Gasteiger partial charge on any atom is 0.270 e. The summed E-state index contributed by atoms with van der Waals surface area (Å²) in [6, 6.07) is 10.8. The molecule has 0 radical (unpaired) electrons. The minimum atomic E-state index is -0.236. The number of carbonyl (C=O) groups is 1. The number of hydrogen-bond donors (Lipinski definition) is 0. The van der Waals surface area contributed by atoms with Crippen LogP contribution in [-0.2, 0) is 19.4 Å². The van der Waals surface area contributed by atoms with Crippen molar-refractivity contribution >= 4 is 17.2 Å². The number of rotatable bonds is 4. The van der Waals surface area contributed by atoms with Gasteiger partial charge in [-0.25, -0.2) is 0 Å². The summed E-state index contributed by atoms with van der Waals surface area (Å²) in [5.41, 5.74) is 6.54. The van der Waals surface area contributed by atoms with Crippen LogP contribution in [0.4, 0.5) is 0 Å². The molecule has 0 fully saturated rings. The van der Waals surface area contributed by atoms with Crippen LogP contribution in [0.15, 0.2) is 35.7 Å². The molecule has 0 N–H and O–H groups in total. The van der Waals surface area contributed by atoms with Gasteiger partial charge in [-0.05, 0) is 74.4 Å². The lowest BCUT2D eigenvalue weighted by Crippen LogP contribution is -2.43. The fourth-order valence-electron chi connectivity index (χ4n) is 4.14. The third-order valence-electron chi connectivity index (χ3n) is 6.16. The molecule has 0 saturated heterocycles. The molecule has 0 unspecified atom stereocenters. The van der Waals surface area contributed by atoms with Gasteiger partial charge < -0.3 is 14.2 Å². The second kappa shape index (κ2) is 7.62. The van der Waals surface area contributed by atoms with Crippen molar-refractivity contribution in [2.75, 3.05) is 14.2 Å². The van der Waals surface area contributed by atoms with Crippen molar-refractivity contribution < 1.29 is 9.53 Å². The number of aryl methyl sites for hydroxylation is 2. The van der Waals surface area contributed by atoms with Crippen molar-refractivity contribution in [2.45, 2.75) is 52.6 Å². The summed E-state index contributed by atoms with van der Waals surface area (Å²) < 4.78 is 7.87. The molecule has 0 saturated carbocycles. The molecule has 1 aliphatic rings. The first kappa shape index (κ1) is 20.7. The van der Waals surface area contributed by atoms with E-state index in [1.807, 2.05) is 11.9 Å². The number of thiophene rings is 1. The van der Waals surface area contributed by atoms with E-state index in [1.165, 1.54) is 21.6 Å². The number of fused-ring (bicyclic) bond motifs is 3. The monoisotopic (exact) mass is 422 g/mol. The van der Waals surface area contributed by atoms with Gasteiger partial charge in [0.15, 0.2) is 0 Å². The fourth-order valence-corrected chi connectivity index (χ4v) is 4.88. The van der Waals surface area contributed by atoms with E-state index in [0.717, 1.165) is 42.1 Å². The Morgan fingerprint density at radius 3 is 2.60 bits per heavy atom. The minimum Gasteiger partial charge on any atom is -0.496 e. The van der Waals surface area contributed by atoms with Crippen LogP contribution >= 0.6 is 11.3 Å². The number of aromatic nitrogens is 1. The molecule has 1 aromatic carbocycles. The maximum absolute atomic E-state index is 13.5. The molecule has 3 heterocycles. The van der Waals surface area contributed by atoms with Gasteiger partial charge in [0.1, 0.15) is 11.4 Å². The van der Waals surface area contributed by atoms with Gasteiger partial charge in [-0.2, -0.15) is 0 Å². The molecule has 0 spiro atoms. The predicted octanol–water partition coefficient (Wildman–Crippen LogP) is 5.88. The topological polar surface area (TPSA) is 34.5 Å². The Hall–Kier alpha value is -2.53. The largest absolute Gasteiger partial charge is 0.496 e. The highest BCUT2D eigenvalue weighted by molar-refractivity contribution is 7.13. The normalized spacial score (nSPS) is 13.0. The van der Waals surface area contributed by atoms with Crippen LogP contribution in [0.3, 0.4) is 0 Å². The average molecular weight is 423 g/mol. The molecular weight excluding hydrogens is 392 g/mol. The highest BCUT2D eigenvalue weighted by Crippen LogP contribution is 2.43. The highest BCUT2D eigenvalue weighted by Gasteiger charge is 2.31. The Morgan fingerprint density at radius 1 is 1.23 bits per heavy atom. The Bertz CT molecular complexity index is 1090. The Kier molecular flexibility index (Phi) is 5.27. The number of ether oxygens (including phenoxy) is 1. The van der Waals surface area contributed by atoms with Crippen LogP contribution in [0.2, 0.25) is 0 Å². The first-order chi connectivity index (χ1) is 14.3. The molecule has 1 aliphatic heterocycles. The summed E-state index contributed by atoms with van der Waals surface area (Å²) in [6.07, 6.45) is 1.80. The molecule has 158 valence electrons. The fraction of sp³-hybridized carbons (Fsp3) is 0.400. The van der Waals surface area contributed by atoms with E-state index >= 15 is 0 Å². The van der Waals surface area contributed by atoms with Crippen molar-refractivity contribution in [3.63, 3.8) is 0 Å². The predicted molar refractivity (Wildman–Crippen MR) is 125 cm³/mol. The average Bonchev–Trinajstić information content (AvgIpc) is 3.38. The Morgan fingerprint density at radius 2 is 2.00 bits per heavy atom. The number of benzene rings is 1. The van der Waals surface area contributed by atoms with Crippen LogP contribution in [0.5, 0.6) is 5.75 Å². The molecule has 4 nitrogen and oxygen atoms in total. The first-order valence-electron chi connectivity index (χ1n) is 10.5. The van der Waals surface area contributed by atoms with E-state index in [-0.39, 0.29) is 11.4 Å². The highest BCUT2D eigenvalue weighted by atomic mass is 32.1. The summed E-state index contributed by atoms with van der Waals surface area (Å²) in [6.45, 7) is 9.15. The summed E-state index contributed by atoms with van der Waals surface area (Å²) in [4.78, 5) is 16.5. The van der Waals surface area contributed by atoms with Crippen LogP contribution < -0.4 is 4.74 Å². The van der Waals surface area contributed by atoms with Crippen molar-refractivity contribution in [3.8, 4) is 27.4 Å². The van der Waals surface area contributed by atoms with E-state index in [1.54, 1.807) is 18.4 Å². The maximum atomic E-state index is 13.5. The number of hydrogen-bond acceptors (Lipinski definition) is 3. The van der Waals surface area contributed by atoms with Gasteiger partial charge in [0.2, 0.25) is 0 Å². The van der Waals surface area contributed by atoms with E-state index in [9.17, 15) is 4.79 Å². The molecule has 2 aromatic heterocycles. The lowest BCUT2D eigenvalue weighted by Gasteiger charge is -2.32. The Balaban J connectivity index is 1.95. The van der Waals surface area contributed by atoms with Gasteiger partial charge in [0.05, 0.1) is 12.8 Å². The molecule has 5 heteroatoms. The molecule has 0 aliphatic carbocycles. The van der Waals surface area contributed by atoms with Crippen molar-refractivity contribution in [1.29, 1.82) is 0 Å². The zero-order chi connectivity index (χ0) is 21.6. The van der Waals surface area contributed by atoms with Gasteiger partial charge in [-0.15, -0.1) is 11.3 Å². The third kappa shape index (κ3) is 3.35. The van der Waals surface area contributed by atoms with Crippen LogP contribution in [-0.4, -0.2) is 35.1 Å². The molecule has 3 aromatic rings. The SMILES string of the molecule is CCc1cc2c(cc1OC)CCn1c(C(=O)N(C)C(C)(C)C)cc(-c3cccs3)c1-2. The molecule has 0 bridgehead atoms. The summed E-state index contributed by atoms with van der Waals surface area (Å²) in [5, 5.41) is 2.09. The van der Waals surface area contributed by atoms with Gasteiger partial charge in [0, 0.05) is 35.1 Å².